The maximum absolute atomic E-state index is 10.6. The second kappa shape index (κ2) is 15.3. The van der Waals surface area contributed by atoms with Gasteiger partial charge in [0.25, 0.3) is 0 Å². The molecule has 1 fully saturated rings. The molecule has 0 bridgehead atoms. The number of piperazine rings is 1. The molecule has 5 N–H and O–H groups in total. The number of nitrogens with one attached hydrogen (secondary N) is 1. The van der Waals surface area contributed by atoms with E-state index in [0.29, 0.717) is 17.7 Å². The minimum Gasteiger partial charge on any atom is -0.478 e. The molecule has 39 heavy (non-hydrogen) atoms. The Hall–Kier alpha value is -5.03. The van der Waals surface area contributed by atoms with Crippen LogP contribution in [0.5, 0.6) is 0 Å². The summed E-state index contributed by atoms with van der Waals surface area (Å²) in [5, 5.41) is 36.3. The van der Waals surface area contributed by atoms with Gasteiger partial charge in [0.15, 0.2) is 0 Å². The van der Waals surface area contributed by atoms with Gasteiger partial charge in [0.1, 0.15) is 0 Å². The molecule has 0 radical (unpaired) electrons. The van der Waals surface area contributed by atoms with Gasteiger partial charge in [0, 0.05) is 50.1 Å². The lowest BCUT2D eigenvalue weighted by Gasteiger charge is -2.29. The molecule has 0 spiro atoms. The Labute approximate surface area is 224 Å². The summed E-state index contributed by atoms with van der Waals surface area (Å²) < 4.78 is 0. The SMILES string of the molecule is Cc1ccc(C(=O)O)cc1C(=O)O.O=C(O)/C=C/C(=O)O.c1ccc(-c2cncc(N3CCNCC3)c2)cc1. The van der Waals surface area contributed by atoms with E-state index in [1.54, 1.807) is 6.92 Å². The molecule has 204 valence electrons. The molecule has 0 aliphatic carbocycles. The fourth-order valence-electron chi connectivity index (χ4n) is 3.44. The van der Waals surface area contributed by atoms with E-state index in [1.165, 1.54) is 28.9 Å². The van der Waals surface area contributed by atoms with Crippen LogP contribution in [0.3, 0.4) is 0 Å². The first-order valence-corrected chi connectivity index (χ1v) is 11.8. The number of anilines is 1. The zero-order valence-corrected chi connectivity index (χ0v) is 21.2. The standard InChI is InChI=1S/C15H17N3.C9H8O4.C4H4O4/c1-2-4-13(5-3-1)14-10-15(12-17-11-14)18-8-6-16-7-9-18;1-5-2-3-6(8(10)11)4-7(5)9(12)13;5-3(6)1-2-4(7)8/h1-5,10-12,16H,6-9H2;2-4H,1H3,(H,10,11)(H,12,13);1-2H,(H,5,6)(H,7,8)/b;;2-1+. The van der Waals surface area contributed by atoms with E-state index in [0.717, 1.165) is 32.2 Å². The highest BCUT2D eigenvalue weighted by Crippen LogP contribution is 2.23. The van der Waals surface area contributed by atoms with Gasteiger partial charge in [-0.1, -0.05) is 36.4 Å². The van der Waals surface area contributed by atoms with E-state index in [4.69, 9.17) is 20.4 Å². The van der Waals surface area contributed by atoms with Crippen molar-refractivity contribution >= 4 is 29.6 Å². The zero-order valence-electron chi connectivity index (χ0n) is 21.2. The first-order valence-electron chi connectivity index (χ1n) is 11.8. The summed E-state index contributed by atoms with van der Waals surface area (Å²) in [5.41, 5.74) is 4.20. The van der Waals surface area contributed by atoms with Gasteiger partial charge >= 0.3 is 23.9 Å². The Morgan fingerprint density at radius 2 is 1.41 bits per heavy atom. The van der Waals surface area contributed by atoms with Crippen LogP contribution in [-0.2, 0) is 9.59 Å². The summed E-state index contributed by atoms with van der Waals surface area (Å²) in [6.07, 6.45) is 5.00. The molecule has 2 heterocycles. The first-order chi connectivity index (χ1) is 18.6. The molecule has 1 aliphatic rings. The number of hydrogen-bond donors (Lipinski definition) is 5. The van der Waals surface area contributed by atoms with Crippen LogP contribution >= 0.6 is 0 Å². The number of carboxylic acids is 4. The van der Waals surface area contributed by atoms with E-state index < -0.39 is 23.9 Å². The predicted molar refractivity (Wildman–Crippen MR) is 144 cm³/mol. The number of aromatic nitrogens is 1. The molecule has 0 amide bonds. The second-order valence-corrected chi connectivity index (χ2v) is 8.18. The van der Waals surface area contributed by atoms with Crippen molar-refractivity contribution in [2.24, 2.45) is 0 Å². The van der Waals surface area contributed by atoms with Crippen LogP contribution in [0, 0.1) is 6.92 Å². The van der Waals surface area contributed by atoms with Crippen LogP contribution in [0.1, 0.15) is 26.3 Å². The van der Waals surface area contributed by atoms with Crippen LogP contribution in [-0.4, -0.2) is 75.5 Å². The van der Waals surface area contributed by atoms with Crippen molar-refractivity contribution in [1.82, 2.24) is 10.3 Å². The van der Waals surface area contributed by atoms with Gasteiger partial charge < -0.3 is 30.6 Å². The minimum absolute atomic E-state index is 0.0111. The van der Waals surface area contributed by atoms with E-state index in [-0.39, 0.29) is 11.1 Å². The second-order valence-electron chi connectivity index (χ2n) is 8.18. The summed E-state index contributed by atoms with van der Waals surface area (Å²) in [4.78, 5) is 47.0. The largest absolute Gasteiger partial charge is 0.478 e. The lowest BCUT2D eigenvalue weighted by Crippen LogP contribution is -2.43. The number of carboxylic acid groups (broad SMARTS) is 4. The highest BCUT2D eigenvalue weighted by molar-refractivity contribution is 5.94. The number of nitrogens with zero attached hydrogens (tertiary/aromatic N) is 2. The summed E-state index contributed by atoms with van der Waals surface area (Å²) in [5.74, 6) is -4.75. The normalized spacial score (nSPS) is 12.4. The van der Waals surface area contributed by atoms with Gasteiger partial charge in [0.2, 0.25) is 0 Å². The molecule has 4 rings (SSSR count). The van der Waals surface area contributed by atoms with Crippen molar-refractivity contribution in [3.63, 3.8) is 0 Å². The molecule has 1 aromatic heterocycles. The Morgan fingerprint density at radius 1 is 0.795 bits per heavy atom. The number of carbonyl (C=O) groups is 4. The lowest BCUT2D eigenvalue weighted by atomic mass is 10.1. The number of aliphatic carboxylic acids is 2. The fraction of sp³-hybridized carbons (Fsp3) is 0.179. The van der Waals surface area contributed by atoms with Gasteiger partial charge in [-0.25, -0.2) is 19.2 Å². The molecule has 0 saturated carbocycles. The van der Waals surface area contributed by atoms with Gasteiger partial charge in [-0.2, -0.15) is 0 Å². The van der Waals surface area contributed by atoms with Crippen LogP contribution < -0.4 is 10.2 Å². The third-order valence-corrected chi connectivity index (χ3v) is 5.40. The van der Waals surface area contributed by atoms with Crippen molar-refractivity contribution in [3.8, 4) is 11.1 Å². The van der Waals surface area contributed by atoms with Crippen molar-refractivity contribution in [2.45, 2.75) is 6.92 Å². The van der Waals surface area contributed by atoms with Crippen LogP contribution in [0.15, 0.2) is 79.1 Å². The maximum Gasteiger partial charge on any atom is 0.335 e. The third kappa shape index (κ3) is 10.5. The highest BCUT2D eigenvalue weighted by atomic mass is 16.4. The maximum atomic E-state index is 10.6. The van der Waals surface area contributed by atoms with Crippen molar-refractivity contribution in [3.05, 3.63) is 95.8 Å². The molecule has 1 aliphatic heterocycles. The minimum atomic E-state index is -1.26. The van der Waals surface area contributed by atoms with E-state index in [1.807, 2.05) is 18.5 Å². The first kappa shape index (κ1) is 30.2. The van der Waals surface area contributed by atoms with Crippen LogP contribution in [0.4, 0.5) is 5.69 Å². The number of aryl methyl sites for hydroxylation is 1. The third-order valence-electron chi connectivity index (χ3n) is 5.40. The number of benzene rings is 2. The molecular weight excluding hydrogens is 506 g/mol. The smallest absolute Gasteiger partial charge is 0.335 e. The Balaban J connectivity index is 0.000000224. The molecule has 3 aromatic rings. The quantitative estimate of drug-likeness (QED) is 0.293. The van der Waals surface area contributed by atoms with Crippen LogP contribution in [0.25, 0.3) is 11.1 Å². The van der Waals surface area contributed by atoms with Gasteiger partial charge in [-0.15, -0.1) is 0 Å². The summed E-state index contributed by atoms with van der Waals surface area (Å²) in [7, 11) is 0. The Bertz CT molecular complexity index is 1300. The topological polar surface area (TPSA) is 177 Å². The average molecular weight is 536 g/mol. The highest BCUT2D eigenvalue weighted by Gasteiger charge is 2.12. The molecule has 1 saturated heterocycles. The predicted octanol–water partition coefficient (Wildman–Crippen LogP) is 3.26. The van der Waals surface area contributed by atoms with Gasteiger partial charge in [-0.3, -0.25) is 4.98 Å². The van der Waals surface area contributed by atoms with Crippen molar-refractivity contribution in [1.29, 1.82) is 0 Å². The Morgan fingerprint density at radius 3 is 1.95 bits per heavy atom. The summed E-state index contributed by atoms with van der Waals surface area (Å²) in [6.45, 7) is 5.83. The monoisotopic (exact) mass is 535 g/mol. The van der Waals surface area contributed by atoms with E-state index in [9.17, 15) is 19.2 Å². The average Bonchev–Trinajstić information content (AvgIpc) is 2.93. The number of hydrogen-bond acceptors (Lipinski definition) is 7. The molecule has 11 heteroatoms. The fourth-order valence-corrected chi connectivity index (χ4v) is 3.44. The summed E-state index contributed by atoms with van der Waals surface area (Å²) >= 11 is 0. The van der Waals surface area contributed by atoms with Gasteiger partial charge in [-0.05, 0) is 36.2 Å². The Kier molecular flexibility index (Phi) is 11.8. The molecular formula is C28H29N3O8. The number of aromatic carboxylic acids is 2. The molecule has 2 aromatic carbocycles. The van der Waals surface area contributed by atoms with Crippen molar-refractivity contribution < 1.29 is 39.6 Å². The van der Waals surface area contributed by atoms with E-state index in [2.05, 4.69) is 45.5 Å². The molecule has 11 nitrogen and oxygen atoms in total. The van der Waals surface area contributed by atoms with Crippen LogP contribution in [0.2, 0.25) is 0 Å². The zero-order chi connectivity index (χ0) is 28.8. The number of pyridine rings is 1. The lowest BCUT2D eigenvalue weighted by molar-refractivity contribution is -0.134. The number of rotatable bonds is 6. The molecule has 0 unspecified atom stereocenters. The summed E-state index contributed by atoms with van der Waals surface area (Å²) in [6, 6.07) is 16.7. The van der Waals surface area contributed by atoms with E-state index >= 15 is 0 Å². The van der Waals surface area contributed by atoms with Crippen molar-refractivity contribution in [2.75, 3.05) is 31.1 Å². The van der Waals surface area contributed by atoms with Gasteiger partial charge in [0.05, 0.1) is 23.0 Å². The molecule has 0 atom stereocenters.